The zero-order valence-electron chi connectivity index (χ0n) is 14.2. The third kappa shape index (κ3) is 5.99. The molecule has 1 unspecified atom stereocenters. The molecule has 11 heteroatoms. The lowest BCUT2D eigenvalue weighted by atomic mass is 10.2. The summed E-state index contributed by atoms with van der Waals surface area (Å²) in [5.41, 5.74) is 0.433. The van der Waals surface area contributed by atoms with E-state index >= 15 is 0 Å². The lowest BCUT2D eigenvalue weighted by molar-refractivity contribution is -0.139. The molecule has 1 saturated heterocycles. The minimum absolute atomic E-state index is 0.177. The van der Waals surface area contributed by atoms with E-state index in [0.717, 1.165) is 11.8 Å². The second kappa shape index (κ2) is 9.57. The largest absolute Gasteiger partial charge is 0.490 e. The first kappa shape index (κ1) is 20.2. The summed E-state index contributed by atoms with van der Waals surface area (Å²) in [5.74, 6) is -2.10. The summed E-state index contributed by atoms with van der Waals surface area (Å²) in [6.07, 6.45) is 1.01. The maximum absolute atomic E-state index is 11.7. The van der Waals surface area contributed by atoms with Crippen molar-refractivity contribution in [2.24, 2.45) is 10.2 Å². The Morgan fingerprint density at radius 2 is 2.07 bits per heavy atom. The number of benzene rings is 1. The molecule has 1 aliphatic heterocycles. The van der Waals surface area contributed by atoms with Crippen molar-refractivity contribution in [3.8, 4) is 11.5 Å². The van der Waals surface area contributed by atoms with Crippen LogP contribution in [-0.2, 0) is 14.4 Å². The Morgan fingerprint density at radius 3 is 2.74 bits per heavy atom. The summed E-state index contributed by atoms with van der Waals surface area (Å²) in [7, 11) is 0. The Labute approximate surface area is 158 Å². The summed E-state index contributed by atoms with van der Waals surface area (Å²) >= 11 is 0.973. The van der Waals surface area contributed by atoms with Crippen molar-refractivity contribution in [3.05, 3.63) is 23.8 Å². The highest BCUT2D eigenvalue weighted by Crippen LogP contribution is 2.30. The summed E-state index contributed by atoms with van der Waals surface area (Å²) in [6, 6.07) is 4.95. The molecular weight excluding hydrogens is 378 g/mol. The number of aliphatic carboxylic acids is 2. The molecule has 1 atom stereocenters. The smallest absolute Gasteiger partial charge is 0.341 e. The molecule has 1 amide bonds. The van der Waals surface area contributed by atoms with Crippen molar-refractivity contribution in [1.82, 2.24) is 5.32 Å². The zero-order valence-corrected chi connectivity index (χ0v) is 15.1. The minimum Gasteiger partial charge on any atom is -0.490 e. The molecule has 2 rings (SSSR count). The number of nitrogens with zero attached hydrogens (tertiary/aromatic N) is 2. The molecule has 0 radical (unpaired) electrons. The van der Waals surface area contributed by atoms with Crippen molar-refractivity contribution in [1.29, 1.82) is 0 Å². The van der Waals surface area contributed by atoms with Gasteiger partial charge in [-0.2, -0.15) is 5.10 Å². The fourth-order valence-electron chi connectivity index (χ4n) is 2.08. The number of hydrogen-bond acceptors (Lipinski definition) is 8. The minimum atomic E-state index is -1.14. The Balaban J connectivity index is 2.16. The number of para-hydroxylation sites is 1. The first-order valence-corrected chi connectivity index (χ1v) is 8.69. The highest BCUT2D eigenvalue weighted by Gasteiger charge is 2.32. The number of amides is 1. The van der Waals surface area contributed by atoms with Gasteiger partial charge >= 0.3 is 11.9 Å². The molecule has 1 aliphatic rings. The maximum atomic E-state index is 11.7. The Bertz CT molecular complexity index is 794. The van der Waals surface area contributed by atoms with E-state index in [1.807, 2.05) is 0 Å². The predicted octanol–water partition coefficient (Wildman–Crippen LogP) is 0.945. The quantitative estimate of drug-likeness (QED) is 0.413. The van der Waals surface area contributed by atoms with Crippen molar-refractivity contribution in [3.63, 3.8) is 0 Å². The van der Waals surface area contributed by atoms with E-state index in [9.17, 15) is 14.4 Å². The van der Waals surface area contributed by atoms with Crippen LogP contribution in [0.1, 0.15) is 18.9 Å². The van der Waals surface area contributed by atoms with Crippen LogP contribution in [0, 0.1) is 0 Å². The van der Waals surface area contributed by atoms with Gasteiger partial charge in [-0.25, -0.2) is 4.79 Å². The average molecular weight is 395 g/mol. The van der Waals surface area contributed by atoms with Crippen LogP contribution in [0.5, 0.6) is 11.5 Å². The molecule has 1 fully saturated rings. The molecule has 1 aromatic rings. The van der Waals surface area contributed by atoms with Crippen LogP contribution in [0.4, 0.5) is 0 Å². The van der Waals surface area contributed by atoms with Gasteiger partial charge in [-0.3, -0.25) is 9.59 Å². The number of thioether (sulfide) groups is 1. The van der Waals surface area contributed by atoms with E-state index in [0.29, 0.717) is 17.9 Å². The average Bonchev–Trinajstić information content (AvgIpc) is 2.93. The number of hydrogen-bond donors (Lipinski definition) is 3. The summed E-state index contributed by atoms with van der Waals surface area (Å²) in [4.78, 5) is 33.1. The molecule has 144 valence electrons. The Kier molecular flexibility index (Phi) is 7.17. The van der Waals surface area contributed by atoms with Crippen molar-refractivity contribution >= 4 is 41.0 Å². The molecule has 0 aromatic heterocycles. The fourth-order valence-corrected chi connectivity index (χ4v) is 3.00. The number of nitrogens with one attached hydrogen (secondary N) is 1. The lowest BCUT2D eigenvalue weighted by Gasteiger charge is -2.12. The van der Waals surface area contributed by atoms with Crippen LogP contribution in [0.15, 0.2) is 28.4 Å². The van der Waals surface area contributed by atoms with Crippen LogP contribution in [0.25, 0.3) is 0 Å². The van der Waals surface area contributed by atoms with Crippen molar-refractivity contribution < 1.29 is 34.1 Å². The number of carbonyl (C=O) groups excluding carboxylic acids is 1. The number of amidine groups is 1. The van der Waals surface area contributed by atoms with Crippen LogP contribution < -0.4 is 14.8 Å². The predicted molar refractivity (Wildman–Crippen MR) is 97.5 cm³/mol. The molecule has 0 aliphatic carbocycles. The van der Waals surface area contributed by atoms with Crippen LogP contribution in [0.3, 0.4) is 0 Å². The van der Waals surface area contributed by atoms with Crippen molar-refractivity contribution in [2.75, 3.05) is 13.2 Å². The molecule has 27 heavy (non-hydrogen) atoms. The number of rotatable bonds is 9. The molecule has 3 N–H and O–H groups in total. The molecule has 1 heterocycles. The molecule has 0 spiro atoms. The maximum Gasteiger partial charge on any atom is 0.341 e. The third-order valence-corrected chi connectivity index (χ3v) is 4.20. The highest BCUT2D eigenvalue weighted by atomic mass is 32.2. The van der Waals surface area contributed by atoms with Crippen molar-refractivity contribution in [2.45, 2.75) is 18.6 Å². The number of carboxylic acids is 2. The summed E-state index contributed by atoms with van der Waals surface area (Å²) < 4.78 is 10.7. The summed E-state index contributed by atoms with van der Waals surface area (Å²) in [5, 5.41) is 27.1. The number of carbonyl (C=O) groups is 3. The van der Waals surface area contributed by atoms with Gasteiger partial charge in [-0.1, -0.05) is 17.8 Å². The van der Waals surface area contributed by atoms with E-state index in [1.54, 1.807) is 25.1 Å². The molecular formula is C16H17N3O7S. The van der Waals surface area contributed by atoms with Gasteiger partial charge < -0.3 is 25.0 Å². The lowest BCUT2D eigenvalue weighted by Crippen LogP contribution is -2.26. The third-order valence-electron chi connectivity index (χ3n) is 3.13. The van der Waals surface area contributed by atoms with Gasteiger partial charge in [-0.15, -0.1) is 5.10 Å². The van der Waals surface area contributed by atoms with E-state index in [1.165, 1.54) is 6.21 Å². The van der Waals surface area contributed by atoms with Gasteiger partial charge in [-0.05, 0) is 19.1 Å². The van der Waals surface area contributed by atoms with E-state index in [4.69, 9.17) is 19.7 Å². The Morgan fingerprint density at radius 1 is 1.30 bits per heavy atom. The van der Waals surface area contributed by atoms with Gasteiger partial charge in [0.2, 0.25) is 5.91 Å². The monoisotopic (exact) mass is 395 g/mol. The van der Waals surface area contributed by atoms with Gasteiger partial charge in [0.15, 0.2) is 23.3 Å². The van der Waals surface area contributed by atoms with E-state index < -0.39 is 29.7 Å². The van der Waals surface area contributed by atoms with Gasteiger partial charge in [0, 0.05) is 5.56 Å². The second-order valence-corrected chi connectivity index (χ2v) is 6.32. The van der Waals surface area contributed by atoms with E-state index in [-0.39, 0.29) is 17.3 Å². The second-order valence-electron chi connectivity index (χ2n) is 5.13. The number of carboxylic acid groups (broad SMARTS) is 2. The normalized spacial score (nSPS) is 17.9. The molecule has 1 aromatic carbocycles. The molecule has 0 bridgehead atoms. The molecule has 10 nitrogen and oxygen atoms in total. The van der Waals surface area contributed by atoms with E-state index in [2.05, 4.69) is 15.5 Å². The van der Waals surface area contributed by atoms with Gasteiger partial charge in [0.25, 0.3) is 0 Å². The topological polar surface area (TPSA) is 147 Å². The number of ether oxygens (including phenoxy) is 2. The molecule has 0 saturated carbocycles. The Hall–Kier alpha value is -3.08. The van der Waals surface area contributed by atoms with Crippen LogP contribution in [0.2, 0.25) is 0 Å². The van der Waals surface area contributed by atoms with Crippen LogP contribution in [-0.4, -0.2) is 57.9 Å². The van der Waals surface area contributed by atoms with Gasteiger partial charge in [0.05, 0.1) is 19.2 Å². The highest BCUT2D eigenvalue weighted by molar-refractivity contribution is 8.15. The first-order valence-electron chi connectivity index (χ1n) is 7.81. The fraction of sp³-hybridized carbons (Fsp3) is 0.312. The standard InChI is InChI=1S/C16H17N3O7S/c1-2-25-10-5-3-4-9(14(10)26-8-13(22)23)7-17-19-16-18-15(24)11(27-16)6-12(20)21/h3-5,7,11H,2,6,8H2,1H3,(H,20,21)(H,22,23)(H,18,19,24). The zero-order chi connectivity index (χ0) is 19.8. The van der Waals surface area contributed by atoms with Gasteiger partial charge in [0.1, 0.15) is 5.25 Å². The summed E-state index contributed by atoms with van der Waals surface area (Å²) in [6.45, 7) is 1.59. The SMILES string of the molecule is CCOc1cccc(C=NN=C2NC(=O)C(CC(=O)O)S2)c1OCC(=O)O. The first-order chi connectivity index (χ1) is 12.9. The van der Waals surface area contributed by atoms with Crippen LogP contribution >= 0.6 is 11.8 Å².